The van der Waals surface area contributed by atoms with E-state index in [-0.39, 0.29) is 34.4 Å². The summed E-state index contributed by atoms with van der Waals surface area (Å²) in [5.74, 6) is 0. The fourth-order valence-electron chi connectivity index (χ4n) is 2.14. The van der Waals surface area contributed by atoms with Crippen LogP contribution in [0.2, 0.25) is 10.0 Å². The number of halogens is 3. The first-order valence-electron chi connectivity index (χ1n) is 6.04. The van der Waals surface area contributed by atoms with E-state index in [0.29, 0.717) is 18.1 Å². The second kappa shape index (κ2) is 6.81. The molecule has 1 aromatic rings. The lowest BCUT2D eigenvalue weighted by Crippen LogP contribution is -2.57. The van der Waals surface area contributed by atoms with Gasteiger partial charge in [-0.15, -0.1) is 12.4 Å². The lowest BCUT2D eigenvalue weighted by atomic mass is 10.1. The first kappa shape index (κ1) is 18.0. The Balaban J connectivity index is 0.00000200. The van der Waals surface area contributed by atoms with Gasteiger partial charge in [-0.05, 0) is 32.0 Å². The highest BCUT2D eigenvalue weighted by atomic mass is 35.5. The predicted molar refractivity (Wildman–Crippen MR) is 84.5 cm³/mol. The van der Waals surface area contributed by atoms with Crippen LogP contribution in [-0.2, 0) is 10.0 Å². The standard InChI is InChI=1S/C12H16Cl2N2O2S.ClH/c1-8-9(2)16(6-5-15-8)19(17,18)10-3-4-11(13)12(14)7-10;/h3-4,7-9,15H,5-6H2,1-2H3;1H. The van der Waals surface area contributed by atoms with Gasteiger partial charge in [0.25, 0.3) is 0 Å². The van der Waals surface area contributed by atoms with E-state index in [1.54, 1.807) is 0 Å². The quantitative estimate of drug-likeness (QED) is 0.883. The molecule has 1 fully saturated rings. The molecule has 0 aliphatic carbocycles. The lowest BCUT2D eigenvalue weighted by Gasteiger charge is -2.37. The predicted octanol–water partition coefficient (Wildman–Crippen LogP) is 2.79. The van der Waals surface area contributed by atoms with Crippen molar-refractivity contribution in [3.63, 3.8) is 0 Å². The zero-order chi connectivity index (χ0) is 14.2. The molecule has 1 saturated heterocycles. The molecule has 2 atom stereocenters. The third-order valence-electron chi connectivity index (χ3n) is 3.47. The molecule has 1 aromatic carbocycles. The minimum atomic E-state index is -3.53. The van der Waals surface area contributed by atoms with Gasteiger partial charge in [0.15, 0.2) is 0 Å². The number of rotatable bonds is 2. The summed E-state index contributed by atoms with van der Waals surface area (Å²) in [6, 6.07) is 4.41. The van der Waals surface area contributed by atoms with Crippen molar-refractivity contribution < 1.29 is 8.42 Å². The molecule has 20 heavy (non-hydrogen) atoms. The van der Waals surface area contributed by atoms with Crippen molar-refractivity contribution in [2.45, 2.75) is 30.8 Å². The topological polar surface area (TPSA) is 49.4 Å². The van der Waals surface area contributed by atoms with Crippen LogP contribution in [0.15, 0.2) is 23.1 Å². The van der Waals surface area contributed by atoms with Crippen LogP contribution in [0.4, 0.5) is 0 Å². The van der Waals surface area contributed by atoms with Gasteiger partial charge < -0.3 is 5.32 Å². The number of nitrogens with one attached hydrogen (secondary N) is 1. The number of hydrogen-bond acceptors (Lipinski definition) is 3. The van der Waals surface area contributed by atoms with Gasteiger partial charge in [-0.1, -0.05) is 23.2 Å². The Hall–Kier alpha value is -0.0400. The average molecular weight is 360 g/mol. The summed E-state index contributed by atoms with van der Waals surface area (Å²) in [5, 5.41) is 3.85. The maximum atomic E-state index is 12.6. The molecule has 1 heterocycles. The molecular formula is C12H17Cl3N2O2S. The second-order valence-electron chi connectivity index (χ2n) is 4.68. The Morgan fingerprint density at radius 1 is 1.25 bits per heavy atom. The van der Waals surface area contributed by atoms with Gasteiger partial charge in [0, 0.05) is 25.2 Å². The van der Waals surface area contributed by atoms with Crippen LogP contribution in [0.1, 0.15) is 13.8 Å². The smallest absolute Gasteiger partial charge is 0.243 e. The van der Waals surface area contributed by atoms with Crippen LogP contribution in [0.5, 0.6) is 0 Å². The molecule has 114 valence electrons. The number of sulfonamides is 1. The van der Waals surface area contributed by atoms with E-state index >= 15 is 0 Å². The van der Waals surface area contributed by atoms with E-state index in [4.69, 9.17) is 23.2 Å². The summed E-state index contributed by atoms with van der Waals surface area (Å²) in [5.41, 5.74) is 0. The third kappa shape index (κ3) is 3.40. The Kier molecular flexibility index (Phi) is 6.14. The fraction of sp³-hybridized carbons (Fsp3) is 0.500. The number of benzene rings is 1. The largest absolute Gasteiger partial charge is 0.311 e. The van der Waals surface area contributed by atoms with Gasteiger partial charge in [0.05, 0.1) is 14.9 Å². The number of nitrogens with zero attached hydrogens (tertiary/aromatic N) is 1. The summed E-state index contributed by atoms with van der Waals surface area (Å²) < 4.78 is 26.7. The average Bonchev–Trinajstić information content (AvgIpc) is 2.35. The Bertz CT molecular complexity index is 580. The van der Waals surface area contributed by atoms with Gasteiger partial charge in [0.2, 0.25) is 10.0 Å². The number of hydrogen-bond donors (Lipinski definition) is 1. The SMILES string of the molecule is CC1NCCN(S(=O)(=O)c2ccc(Cl)c(Cl)c2)C1C.Cl. The molecule has 0 saturated carbocycles. The maximum absolute atomic E-state index is 12.6. The van der Waals surface area contributed by atoms with Crippen molar-refractivity contribution in [3.05, 3.63) is 28.2 Å². The van der Waals surface area contributed by atoms with E-state index in [2.05, 4.69) is 5.32 Å². The van der Waals surface area contributed by atoms with E-state index in [0.717, 1.165) is 0 Å². The van der Waals surface area contributed by atoms with Crippen molar-refractivity contribution in [2.24, 2.45) is 0 Å². The van der Waals surface area contributed by atoms with Crippen molar-refractivity contribution in [1.82, 2.24) is 9.62 Å². The zero-order valence-corrected chi connectivity index (χ0v) is 14.3. The third-order valence-corrected chi connectivity index (χ3v) is 6.20. The highest BCUT2D eigenvalue weighted by Crippen LogP contribution is 2.28. The Morgan fingerprint density at radius 2 is 1.90 bits per heavy atom. The molecular weight excluding hydrogens is 343 g/mol. The molecule has 1 N–H and O–H groups in total. The molecule has 0 aromatic heterocycles. The highest BCUT2D eigenvalue weighted by molar-refractivity contribution is 7.89. The van der Waals surface area contributed by atoms with E-state index < -0.39 is 10.0 Å². The van der Waals surface area contributed by atoms with Crippen LogP contribution in [0.25, 0.3) is 0 Å². The van der Waals surface area contributed by atoms with Crippen LogP contribution in [0.3, 0.4) is 0 Å². The Labute approximate surface area is 135 Å². The van der Waals surface area contributed by atoms with E-state index in [1.165, 1.54) is 22.5 Å². The fourth-order valence-corrected chi connectivity index (χ4v) is 4.23. The van der Waals surface area contributed by atoms with Gasteiger partial charge in [0.1, 0.15) is 0 Å². The molecule has 2 rings (SSSR count). The molecule has 0 radical (unpaired) electrons. The summed E-state index contributed by atoms with van der Waals surface area (Å²) in [6.45, 7) is 4.97. The van der Waals surface area contributed by atoms with Gasteiger partial charge in [-0.2, -0.15) is 4.31 Å². The van der Waals surface area contributed by atoms with E-state index in [9.17, 15) is 8.42 Å². The normalized spacial score (nSPS) is 24.2. The Morgan fingerprint density at radius 3 is 2.50 bits per heavy atom. The lowest BCUT2D eigenvalue weighted by molar-refractivity contribution is 0.233. The van der Waals surface area contributed by atoms with Crippen LogP contribution >= 0.6 is 35.6 Å². The van der Waals surface area contributed by atoms with E-state index in [1.807, 2.05) is 13.8 Å². The van der Waals surface area contributed by atoms with Crippen LogP contribution in [-0.4, -0.2) is 37.9 Å². The van der Waals surface area contributed by atoms with Crippen LogP contribution < -0.4 is 5.32 Å². The minimum Gasteiger partial charge on any atom is -0.311 e. The first-order chi connectivity index (χ1) is 8.84. The van der Waals surface area contributed by atoms with Gasteiger partial charge >= 0.3 is 0 Å². The summed E-state index contributed by atoms with van der Waals surface area (Å²) in [4.78, 5) is 0.183. The molecule has 1 aliphatic heterocycles. The van der Waals surface area contributed by atoms with Gasteiger partial charge in [-0.3, -0.25) is 0 Å². The van der Waals surface area contributed by atoms with Crippen molar-refractivity contribution in [2.75, 3.05) is 13.1 Å². The first-order valence-corrected chi connectivity index (χ1v) is 8.24. The highest BCUT2D eigenvalue weighted by Gasteiger charge is 2.34. The minimum absolute atomic E-state index is 0. The number of piperazine rings is 1. The molecule has 0 spiro atoms. The summed E-state index contributed by atoms with van der Waals surface area (Å²) >= 11 is 11.7. The molecule has 0 amide bonds. The molecule has 8 heteroatoms. The molecule has 4 nitrogen and oxygen atoms in total. The van der Waals surface area contributed by atoms with Crippen LogP contribution in [0, 0.1) is 0 Å². The van der Waals surface area contributed by atoms with Crippen molar-refractivity contribution >= 4 is 45.6 Å². The van der Waals surface area contributed by atoms with Crippen molar-refractivity contribution in [1.29, 1.82) is 0 Å². The molecule has 0 bridgehead atoms. The van der Waals surface area contributed by atoms with Gasteiger partial charge in [-0.25, -0.2) is 8.42 Å². The molecule has 2 unspecified atom stereocenters. The maximum Gasteiger partial charge on any atom is 0.243 e. The summed E-state index contributed by atoms with van der Waals surface area (Å²) in [7, 11) is -3.53. The zero-order valence-electron chi connectivity index (χ0n) is 11.1. The molecule has 1 aliphatic rings. The van der Waals surface area contributed by atoms with Crippen molar-refractivity contribution in [3.8, 4) is 0 Å². The summed E-state index contributed by atoms with van der Waals surface area (Å²) in [6.07, 6.45) is 0. The monoisotopic (exact) mass is 358 g/mol. The second-order valence-corrected chi connectivity index (χ2v) is 7.38.